The number of benzene rings is 1. The van der Waals surface area contributed by atoms with E-state index in [1.165, 1.54) is 24.3 Å². The van der Waals surface area contributed by atoms with Gasteiger partial charge in [0.1, 0.15) is 5.82 Å². The molecule has 5 nitrogen and oxygen atoms in total. The van der Waals surface area contributed by atoms with Gasteiger partial charge in [0.15, 0.2) is 0 Å². The summed E-state index contributed by atoms with van der Waals surface area (Å²) in [6.45, 7) is 3.39. The van der Waals surface area contributed by atoms with E-state index in [1.807, 2.05) is 14.1 Å². The SMILES string of the molecule is CC[C@H]1CN(C(=O)c2cc(=O)[nH]c3ccc(F)cc23)C[C@@H]1N(C)C. The van der Waals surface area contributed by atoms with Gasteiger partial charge in [0.25, 0.3) is 5.91 Å². The van der Waals surface area contributed by atoms with Crippen LogP contribution in [0.3, 0.4) is 0 Å². The number of likely N-dealkylation sites (N-methyl/N-ethyl adjacent to an activating group) is 1. The van der Waals surface area contributed by atoms with Crippen molar-refractivity contribution in [2.24, 2.45) is 5.92 Å². The van der Waals surface area contributed by atoms with E-state index >= 15 is 0 Å². The number of rotatable bonds is 3. The molecular formula is C18H22FN3O2. The van der Waals surface area contributed by atoms with Crippen LogP contribution in [-0.4, -0.2) is 53.9 Å². The number of amides is 1. The number of fused-ring (bicyclic) bond motifs is 1. The minimum Gasteiger partial charge on any atom is -0.337 e. The molecular weight excluding hydrogens is 309 g/mol. The molecule has 6 heteroatoms. The van der Waals surface area contributed by atoms with Crippen molar-refractivity contribution >= 4 is 16.8 Å². The van der Waals surface area contributed by atoms with Gasteiger partial charge in [0.2, 0.25) is 5.56 Å². The number of nitrogens with zero attached hydrogens (tertiary/aromatic N) is 2. The zero-order valence-corrected chi connectivity index (χ0v) is 14.2. The number of pyridine rings is 1. The molecule has 0 radical (unpaired) electrons. The van der Waals surface area contributed by atoms with Crippen molar-refractivity contribution in [3.8, 4) is 0 Å². The number of hydrogen-bond donors (Lipinski definition) is 1. The van der Waals surface area contributed by atoms with E-state index in [4.69, 9.17) is 0 Å². The fourth-order valence-electron chi connectivity index (χ4n) is 3.58. The smallest absolute Gasteiger partial charge is 0.254 e. The normalized spacial score (nSPS) is 21.0. The predicted molar refractivity (Wildman–Crippen MR) is 91.7 cm³/mol. The summed E-state index contributed by atoms with van der Waals surface area (Å²) in [5, 5.41) is 0.445. The molecule has 1 aliphatic rings. The number of nitrogens with one attached hydrogen (secondary N) is 1. The van der Waals surface area contributed by atoms with Crippen molar-refractivity contribution in [2.75, 3.05) is 27.2 Å². The Morgan fingerprint density at radius 2 is 2.08 bits per heavy atom. The fourth-order valence-corrected chi connectivity index (χ4v) is 3.58. The number of carbonyl (C=O) groups is 1. The van der Waals surface area contributed by atoms with Crippen LogP contribution >= 0.6 is 0 Å². The highest BCUT2D eigenvalue weighted by atomic mass is 19.1. The van der Waals surface area contributed by atoms with Gasteiger partial charge >= 0.3 is 0 Å². The van der Waals surface area contributed by atoms with Gasteiger partial charge < -0.3 is 14.8 Å². The van der Waals surface area contributed by atoms with E-state index in [2.05, 4.69) is 16.8 Å². The number of aromatic nitrogens is 1. The van der Waals surface area contributed by atoms with Gasteiger partial charge in [0.05, 0.1) is 5.56 Å². The van der Waals surface area contributed by atoms with Gasteiger partial charge in [-0.3, -0.25) is 9.59 Å². The number of halogens is 1. The van der Waals surface area contributed by atoms with Crippen LogP contribution in [0.5, 0.6) is 0 Å². The maximum atomic E-state index is 13.6. The van der Waals surface area contributed by atoms with Gasteiger partial charge in [-0.15, -0.1) is 0 Å². The number of H-pyrrole nitrogens is 1. The Bertz CT molecular complexity index is 831. The van der Waals surface area contributed by atoms with Gasteiger partial charge in [0, 0.05) is 36.1 Å². The van der Waals surface area contributed by atoms with E-state index in [-0.39, 0.29) is 17.0 Å². The Balaban J connectivity index is 2.00. The molecule has 128 valence electrons. The van der Waals surface area contributed by atoms with E-state index in [0.29, 0.717) is 36.0 Å². The number of likely N-dealkylation sites (tertiary alicyclic amines) is 1. The summed E-state index contributed by atoms with van der Waals surface area (Å²) >= 11 is 0. The molecule has 1 saturated heterocycles. The zero-order chi connectivity index (χ0) is 17.4. The lowest BCUT2D eigenvalue weighted by Crippen LogP contribution is -2.36. The Morgan fingerprint density at radius 3 is 2.71 bits per heavy atom. The highest BCUT2D eigenvalue weighted by Crippen LogP contribution is 2.26. The van der Waals surface area contributed by atoms with E-state index in [9.17, 15) is 14.0 Å². The third kappa shape index (κ3) is 2.94. The second-order valence-electron chi connectivity index (χ2n) is 6.65. The summed E-state index contributed by atoms with van der Waals surface area (Å²) in [6.07, 6.45) is 0.984. The number of hydrogen-bond acceptors (Lipinski definition) is 3. The van der Waals surface area contributed by atoms with Gasteiger partial charge in [-0.05, 0) is 38.2 Å². The van der Waals surface area contributed by atoms with E-state index in [1.54, 1.807) is 4.90 Å². The number of carbonyl (C=O) groups excluding carboxylic acids is 1. The Morgan fingerprint density at radius 1 is 1.33 bits per heavy atom. The van der Waals surface area contributed by atoms with Crippen molar-refractivity contribution in [1.82, 2.24) is 14.8 Å². The van der Waals surface area contributed by atoms with Crippen molar-refractivity contribution in [3.05, 3.63) is 46.0 Å². The molecule has 3 rings (SSSR count). The third-order valence-electron chi connectivity index (χ3n) is 4.92. The molecule has 24 heavy (non-hydrogen) atoms. The minimum atomic E-state index is -0.428. The Hall–Kier alpha value is -2.21. The molecule has 1 N–H and O–H groups in total. The molecule has 0 spiro atoms. The van der Waals surface area contributed by atoms with Crippen LogP contribution in [-0.2, 0) is 0 Å². The first kappa shape index (κ1) is 16.6. The largest absolute Gasteiger partial charge is 0.337 e. The molecule has 0 bridgehead atoms. The highest BCUT2D eigenvalue weighted by molar-refractivity contribution is 6.06. The van der Waals surface area contributed by atoms with Crippen LogP contribution in [0.2, 0.25) is 0 Å². The van der Waals surface area contributed by atoms with Gasteiger partial charge in [-0.2, -0.15) is 0 Å². The maximum Gasteiger partial charge on any atom is 0.254 e. The monoisotopic (exact) mass is 331 g/mol. The molecule has 2 heterocycles. The summed E-state index contributed by atoms with van der Waals surface area (Å²) in [7, 11) is 4.03. The van der Waals surface area contributed by atoms with E-state index in [0.717, 1.165) is 6.42 Å². The summed E-state index contributed by atoms with van der Waals surface area (Å²) in [5.74, 6) is -0.240. The molecule has 2 aromatic rings. The molecule has 1 fully saturated rings. The van der Waals surface area contributed by atoms with Crippen molar-refractivity contribution in [2.45, 2.75) is 19.4 Å². The topological polar surface area (TPSA) is 56.4 Å². The lowest BCUT2D eigenvalue weighted by Gasteiger charge is -2.23. The van der Waals surface area contributed by atoms with Crippen LogP contribution in [0.25, 0.3) is 10.9 Å². The summed E-state index contributed by atoms with van der Waals surface area (Å²) < 4.78 is 13.6. The Labute approximate surface area is 140 Å². The maximum absolute atomic E-state index is 13.6. The molecule has 1 aromatic carbocycles. The predicted octanol–water partition coefficient (Wildman–Crippen LogP) is 2.08. The van der Waals surface area contributed by atoms with Crippen LogP contribution in [0.15, 0.2) is 29.1 Å². The highest BCUT2D eigenvalue weighted by Gasteiger charge is 2.36. The van der Waals surface area contributed by atoms with Crippen LogP contribution in [0.4, 0.5) is 4.39 Å². The van der Waals surface area contributed by atoms with Crippen molar-refractivity contribution < 1.29 is 9.18 Å². The van der Waals surface area contributed by atoms with Gasteiger partial charge in [-0.25, -0.2) is 4.39 Å². The van der Waals surface area contributed by atoms with Crippen molar-refractivity contribution in [1.29, 1.82) is 0 Å². The molecule has 1 aliphatic heterocycles. The average molecular weight is 331 g/mol. The molecule has 1 amide bonds. The second-order valence-corrected chi connectivity index (χ2v) is 6.65. The van der Waals surface area contributed by atoms with E-state index < -0.39 is 5.82 Å². The van der Waals surface area contributed by atoms with Crippen LogP contribution in [0, 0.1) is 11.7 Å². The lowest BCUT2D eigenvalue weighted by atomic mass is 10.0. The molecule has 0 aliphatic carbocycles. The van der Waals surface area contributed by atoms with Gasteiger partial charge in [-0.1, -0.05) is 13.3 Å². The fraction of sp³-hybridized carbons (Fsp3) is 0.444. The lowest BCUT2D eigenvalue weighted by molar-refractivity contribution is 0.0782. The molecule has 0 unspecified atom stereocenters. The third-order valence-corrected chi connectivity index (χ3v) is 4.92. The van der Waals surface area contributed by atoms with Crippen LogP contribution in [0.1, 0.15) is 23.7 Å². The second kappa shape index (κ2) is 6.36. The minimum absolute atomic E-state index is 0.209. The first-order valence-corrected chi connectivity index (χ1v) is 8.19. The quantitative estimate of drug-likeness (QED) is 0.937. The summed E-state index contributed by atoms with van der Waals surface area (Å²) in [5.41, 5.74) is 0.387. The summed E-state index contributed by atoms with van der Waals surface area (Å²) in [4.78, 5) is 31.4. The number of aromatic amines is 1. The zero-order valence-electron chi connectivity index (χ0n) is 14.2. The average Bonchev–Trinajstić information content (AvgIpc) is 2.98. The standard InChI is InChI=1S/C18H22FN3O2/c1-4-11-9-22(10-16(11)21(2)3)18(24)14-8-17(23)20-15-6-5-12(19)7-13(14)15/h5-8,11,16H,4,9-10H2,1-3H3,(H,20,23)/t11-,16-/m0/s1. The molecule has 1 aromatic heterocycles. The Kier molecular flexibility index (Phi) is 4.41. The van der Waals surface area contributed by atoms with Crippen molar-refractivity contribution in [3.63, 3.8) is 0 Å². The van der Waals surface area contributed by atoms with Crippen LogP contribution < -0.4 is 5.56 Å². The summed E-state index contributed by atoms with van der Waals surface area (Å²) in [6, 6.07) is 5.63. The molecule has 0 saturated carbocycles. The first-order valence-electron chi connectivity index (χ1n) is 8.19. The molecule has 2 atom stereocenters. The first-order chi connectivity index (χ1) is 11.4.